The van der Waals surface area contributed by atoms with Crippen molar-refractivity contribution in [3.05, 3.63) is 101 Å². The van der Waals surface area contributed by atoms with Gasteiger partial charge in [-0.3, -0.25) is 9.36 Å². The van der Waals surface area contributed by atoms with Crippen LogP contribution in [0.5, 0.6) is 5.75 Å². The normalized spacial score (nSPS) is 11.7. The van der Waals surface area contributed by atoms with Crippen molar-refractivity contribution in [3.63, 3.8) is 0 Å². The second-order valence-corrected chi connectivity index (χ2v) is 9.28. The van der Waals surface area contributed by atoms with Crippen LogP contribution in [0, 0.1) is 0 Å². The Bertz CT molecular complexity index is 1260. The van der Waals surface area contributed by atoms with Crippen molar-refractivity contribution < 1.29 is 9.53 Å². The van der Waals surface area contributed by atoms with E-state index in [0.717, 1.165) is 34.4 Å². The Morgan fingerprint density at radius 3 is 2.40 bits per heavy atom. The minimum Gasteiger partial charge on any atom is -0.495 e. The smallest absolute Gasteiger partial charge is 0.251 e. The van der Waals surface area contributed by atoms with Crippen LogP contribution < -0.4 is 10.1 Å². The Kier molecular flexibility index (Phi) is 8.21. The number of nitrogens with zero attached hydrogens (tertiary/aromatic N) is 3. The molecular formula is C28H30N4O2S. The molecule has 1 unspecified atom stereocenters. The summed E-state index contributed by atoms with van der Waals surface area (Å²) in [4.78, 5) is 12.4. The number of ether oxygens (including phenoxy) is 1. The number of para-hydroxylation sites is 2. The molecule has 1 atom stereocenters. The van der Waals surface area contributed by atoms with Crippen LogP contribution in [0.25, 0.3) is 5.69 Å². The molecule has 1 aromatic heterocycles. The number of thioether (sulfide) groups is 1. The molecule has 0 aliphatic rings. The Morgan fingerprint density at radius 1 is 0.971 bits per heavy atom. The van der Waals surface area contributed by atoms with Crippen molar-refractivity contribution in [2.45, 2.75) is 43.6 Å². The zero-order valence-electron chi connectivity index (χ0n) is 20.3. The molecule has 0 saturated heterocycles. The lowest BCUT2D eigenvalue weighted by Gasteiger charge is -2.14. The van der Waals surface area contributed by atoms with Crippen LogP contribution >= 0.6 is 11.8 Å². The predicted octanol–water partition coefficient (Wildman–Crippen LogP) is 5.69. The molecule has 6 nitrogen and oxygen atoms in total. The van der Waals surface area contributed by atoms with Crippen molar-refractivity contribution in [2.75, 3.05) is 7.11 Å². The first-order valence-electron chi connectivity index (χ1n) is 11.7. The van der Waals surface area contributed by atoms with Crippen LogP contribution in [0.4, 0.5) is 0 Å². The number of rotatable bonds is 10. The highest BCUT2D eigenvalue weighted by Crippen LogP contribution is 2.31. The number of methoxy groups -OCH3 is 1. The van der Waals surface area contributed by atoms with E-state index >= 15 is 0 Å². The zero-order chi connectivity index (χ0) is 24.6. The summed E-state index contributed by atoms with van der Waals surface area (Å²) in [6, 6.07) is 26.0. The van der Waals surface area contributed by atoms with Gasteiger partial charge in [0.25, 0.3) is 5.91 Å². The lowest BCUT2D eigenvalue weighted by atomic mass is 10.1. The summed E-state index contributed by atoms with van der Waals surface area (Å²) >= 11 is 1.61. The third-order valence-electron chi connectivity index (χ3n) is 5.81. The van der Waals surface area contributed by atoms with E-state index in [-0.39, 0.29) is 11.9 Å². The molecule has 4 aromatic rings. The standard InChI is InChI=1S/C28H30N4O2S/c1-4-20(2)29-27(33)23-16-14-22(15-17-23)19-35-28-31-30-26(18-21-10-6-5-7-11-21)32(28)24-12-8-9-13-25(24)34-3/h5-17,20H,4,18-19H2,1-3H3,(H,29,33). The second-order valence-electron chi connectivity index (χ2n) is 8.34. The second kappa shape index (κ2) is 11.7. The third kappa shape index (κ3) is 6.11. The molecule has 0 aliphatic heterocycles. The largest absolute Gasteiger partial charge is 0.495 e. The SMILES string of the molecule is CCC(C)NC(=O)c1ccc(CSc2nnc(Cc3ccccc3)n2-c2ccccc2OC)cc1. The summed E-state index contributed by atoms with van der Waals surface area (Å²) in [6.07, 6.45) is 1.56. The van der Waals surface area contributed by atoms with Crippen molar-refractivity contribution in [1.82, 2.24) is 20.1 Å². The Balaban J connectivity index is 1.56. The molecule has 3 aromatic carbocycles. The van der Waals surface area contributed by atoms with Gasteiger partial charge in [0.15, 0.2) is 5.16 Å². The number of carbonyl (C=O) groups is 1. The topological polar surface area (TPSA) is 69.0 Å². The average Bonchev–Trinajstić information content (AvgIpc) is 3.30. The van der Waals surface area contributed by atoms with Gasteiger partial charge in [-0.05, 0) is 48.7 Å². The Labute approximate surface area is 210 Å². The summed E-state index contributed by atoms with van der Waals surface area (Å²) in [5.74, 6) is 2.27. The van der Waals surface area contributed by atoms with Gasteiger partial charge in [-0.1, -0.05) is 73.3 Å². The lowest BCUT2D eigenvalue weighted by molar-refractivity contribution is 0.0939. The Morgan fingerprint density at radius 2 is 1.69 bits per heavy atom. The molecule has 1 heterocycles. The van der Waals surface area contributed by atoms with E-state index in [4.69, 9.17) is 4.74 Å². The van der Waals surface area contributed by atoms with Crippen LogP contribution in [0.3, 0.4) is 0 Å². The fourth-order valence-electron chi connectivity index (χ4n) is 3.65. The van der Waals surface area contributed by atoms with Crippen LogP contribution in [0.15, 0.2) is 84.0 Å². The lowest BCUT2D eigenvalue weighted by Crippen LogP contribution is -2.31. The van der Waals surface area contributed by atoms with Crippen molar-refractivity contribution >= 4 is 17.7 Å². The minimum absolute atomic E-state index is 0.0416. The maximum Gasteiger partial charge on any atom is 0.251 e. The van der Waals surface area contributed by atoms with Gasteiger partial charge in [0.05, 0.1) is 12.8 Å². The highest BCUT2D eigenvalue weighted by atomic mass is 32.2. The Hall–Kier alpha value is -3.58. The van der Waals surface area contributed by atoms with Crippen molar-refractivity contribution in [1.29, 1.82) is 0 Å². The average molecular weight is 487 g/mol. The molecule has 1 N–H and O–H groups in total. The molecule has 0 radical (unpaired) electrons. The maximum absolute atomic E-state index is 12.4. The molecule has 0 bridgehead atoms. The number of carbonyl (C=O) groups excluding carboxylic acids is 1. The van der Waals surface area contributed by atoms with Crippen LogP contribution in [-0.2, 0) is 12.2 Å². The molecule has 35 heavy (non-hydrogen) atoms. The first kappa shape index (κ1) is 24.5. The van der Waals surface area contributed by atoms with E-state index in [1.165, 1.54) is 5.56 Å². The van der Waals surface area contributed by atoms with E-state index in [0.29, 0.717) is 17.7 Å². The summed E-state index contributed by atoms with van der Waals surface area (Å²) in [5, 5.41) is 12.9. The zero-order valence-corrected chi connectivity index (χ0v) is 21.1. The quantitative estimate of drug-likeness (QED) is 0.292. The molecule has 1 amide bonds. The highest BCUT2D eigenvalue weighted by molar-refractivity contribution is 7.98. The van der Waals surface area contributed by atoms with Crippen LogP contribution in [0.2, 0.25) is 0 Å². The summed E-state index contributed by atoms with van der Waals surface area (Å²) in [5.41, 5.74) is 3.85. The monoisotopic (exact) mass is 486 g/mol. The van der Waals surface area contributed by atoms with E-state index in [2.05, 4.69) is 39.1 Å². The van der Waals surface area contributed by atoms with Gasteiger partial charge in [-0.25, -0.2) is 0 Å². The van der Waals surface area contributed by atoms with Crippen LogP contribution in [0.1, 0.15) is 47.6 Å². The summed E-state index contributed by atoms with van der Waals surface area (Å²) < 4.78 is 7.71. The van der Waals surface area contributed by atoms with Gasteiger partial charge in [-0.15, -0.1) is 10.2 Å². The summed E-state index contributed by atoms with van der Waals surface area (Å²) in [7, 11) is 1.67. The number of benzene rings is 3. The van der Waals surface area contributed by atoms with E-state index in [9.17, 15) is 4.79 Å². The van der Waals surface area contributed by atoms with Crippen molar-refractivity contribution in [2.24, 2.45) is 0 Å². The molecule has 0 aliphatic carbocycles. The molecule has 180 valence electrons. The highest BCUT2D eigenvalue weighted by Gasteiger charge is 2.18. The summed E-state index contributed by atoms with van der Waals surface area (Å²) in [6.45, 7) is 4.06. The van der Waals surface area contributed by atoms with E-state index in [1.807, 2.05) is 73.7 Å². The predicted molar refractivity (Wildman–Crippen MR) is 140 cm³/mol. The number of hydrogen-bond acceptors (Lipinski definition) is 5. The number of hydrogen-bond donors (Lipinski definition) is 1. The van der Waals surface area contributed by atoms with Crippen LogP contribution in [-0.4, -0.2) is 33.8 Å². The number of amides is 1. The fourth-order valence-corrected chi connectivity index (χ4v) is 4.57. The number of aromatic nitrogens is 3. The molecule has 7 heteroatoms. The minimum atomic E-state index is -0.0416. The fraction of sp³-hybridized carbons (Fsp3) is 0.250. The van der Waals surface area contributed by atoms with Gasteiger partial charge in [0.1, 0.15) is 11.6 Å². The van der Waals surface area contributed by atoms with E-state index in [1.54, 1.807) is 18.9 Å². The molecular weight excluding hydrogens is 456 g/mol. The van der Waals surface area contributed by atoms with E-state index < -0.39 is 0 Å². The molecule has 4 rings (SSSR count). The van der Waals surface area contributed by atoms with Gasteiger partial charge < -0.3 is 10.1 Å². The third-order valence-corrected chi connectivity index (χ3v) is 6.81. The van der Waals surface area contributed by atoms with Crippen molar-refractivity contribution in [3.8, 4) is 11.4 Å². The maximum atomic E-state index is 12.4. The first-order chi connectivity index (χ1) is 17.1. The van der Waals surface area contributed by atoms with Gasteiger partial charge in [0, 0.05) is 23.8 Å². The van der Waals surface area contributed by atoms with Gasteiger partial charge in [0.2, 0.25) is 0 Å². The number of nitrogens with one attached hydrogen (secondary N) is 1. The molecule has 0 fully saturated rings. The molecule has 0 saturated carbocycles. The van der Waals surface area contributed by atoms with Gasteiger partial charge >= 0.3 is 0 Å². The van der Waals surface area contributed by atoms with Gasteiger partial charge in [-0.2, -0.15) is 0 Å². The molecule has 0 spiro atoms. The first-order valence-corrected chi connectivity index (χ1v) is 12.7.